The van der Waals surface area contributed by atoms with Gasteiger partial charge in [0.05, 0.1) is 29.8 Å². The molecule has 1 saturated carbocycles. The van der Waals surface area contributed by atoms with Gasteiger partial charge in [-0.1, -0.05) is 6.92 Å². The lowest BCUT2D eigenvalue weighted by molar-refractivity contribution is -0.134. The highest BCUT2D eigenvalue weighted by molar-refractivity contribution is 6.09. The summed E-state index contributed by atoms with van der Waals surface area (Å²) in [6.07, 6.45) is 3.56. The number of nitrogens with one attached hydrogen (secondary N) is 2. The summed E-state index contributed by atoms with van der Waals surface area (Å²) in [7, 11) is 0. The van der Waals surface area contributed by atoms with Gasteiger partial charge in [0.15, 0.2) is 0 Å². The number of nitrogens with zero attached hydrogens (tertiary/aromatic N) is 3. The fourth-order valence-corrected chi connectivity index (χ4v) is 4.70. The number of aromatic nitrogens is 3. The number of rotatable bonds is 7. The lowest BCUT2D eigenvalue weighted by atomic mass is 10.0. The second-order valence-electron chi connectivity index (χ2n) is 9.60. The minimum absolute atomic E-state index is 0.0200. The van der Waals surface area contributed by atoms with E-state index in [1.807, 2.05) is 0 Å². The Kier molecular flexibility index (Phi) is 6.61. The number of fused-ring (bicyclic) bond motifs is 1. The number of halogens is 1. The molecule has 1 aliphatic carbocycles. The number of piperidine rings is 1. The molecule has 2 aliphatic rings. The van der Waals surface area contributed by atoms with Gasteiger partial charge in [0.2, 0.25) is 5.91 Å². The second kappa shape index (κ2) is 9.85. The fourth-order valence-electron chi connectivity index (χ4n) is 4.70. The first-order chi connectivity index (χ1) is 17.4. The number of likely N-dealkylation sites (tertiary alicyclic amines) is 1. The zero-order valence-electron chi connectivity index (χ0n) is 20.4. The monoisotopic (exact) mass is 495 g/mol. The van der Waals surface area contributed by atoms with Crippen molar-refractivity contribution in [2.75, 3.05) is 19.7 Å². The van der Waals surface area contributed by atoms with Crippen molar-refractivity contribution in [3.05, 3.63) is 41.6 Å². The summed E-state index contributed by atoms with van der Waals surface area (Å²) in [5.41, 5.74) is 2.75. The number of aryl methyl sites for hydroxylation is 1. The van der Waals surface area contributed by atoms with Gasteiger partial charge in [-0.25, -0.2) is 14.4 Å². The predicted octanol–water partition coefficient (Wildman–Crippen LogP) is 2.96. The second-order valence-corrected chi connectivity index (χ2v) is 9.60. The third kappa shape index (κ3) is 4.77. The van der Waals surface area contributed by atoms with Gasteiger partial charge in [-0.15, -0.1) is 0 Å². The molecule has 1 aromatic carbocycles. The van der Waals surface area contributed by atoms with E-state index in [9.17, 15) is 19.1 Å². The van der Waals surface area contributed by atoms with E-state index in [1.54, 1.807) is 24.8 Å². The summed E-state index contributed by atoms with van der Waals surface area (Å²) in [5.74, 6) is 0.232. The highest BCUT2D eigenvalue weighted by Gasteiger charge is 2.32. The molecule has 5 rings (SSSR count). The van der Waals surface area contributed by atoms with Crippen molar-refractivity contribution >= 4 is 22.8 Å². The van der Waals surface area contributed by atoms with Gasteiger partial charge in [0.1, 0.15) is 29.1 Å². The number of ether oxygens (including phenoxy) is 1. The topological polar surface area (TPSA) is 120 Å². The highest BCUT2D eigenvalue weighted by Crippen LogP contribution is 2.36. The van der Waals surface area contributed by atoms with Crippen molar-refractivity contribution in [1.29, 1.82) is 0 Å². The maximum atomic E-state index is 14.2. The average Bonchev–Trinajstić information content (AvgIpc) is 3.63. The summed E-state index contributed by atoms with van der Waals surface area (Å²) >= 11 is 0. The zero-order valence-corrected chi connectivity index (χ0v) is 20.4. The molecule has 2 fully saturated rings. The van der Waals surface area contributed by atoms with Gasteiger partial charge in [0.25, 0.3) is 5.91 Å². The Labute approximate surface area is 208 Å². The Bertz CT molecular complexity index is 1300. The molecule has 2 aromatic heterocycles. The molecule has 0 radical (unpaired) electrons. The van der Waals surface area contributed by atoms with E-state index in [2.05, 4.69) is 20.3 Å². The Morgan fingerprint density at radius 2 is 2.08 bits per heavy atom. The van der Waals surface area contributed by atoms with Gasteiger partial charge < -0.3 is 25.0 Å². The standard InChI is InChI=1S/C26H30FN5O4/c1-3-21(34)32-9-8-18(19(33)11-32)31-26(35)22-14(2)30-25-23(28-13-29-24(22)25)17-10-16(27)6-7-20(17)36-12-15-4-5-15/h6-7,10,13,15,18-19,30,33H,3-5,8-9,11-12H2,1-2H3,(H,31,35)/t18-,19-/m1/s1. The molecule has 190 valence electrons. The number of aliphatic hydroxyl groups is 1. The average molecular weight is 496 g/mol. The number of aliphatic hydroxyl groups excluding tert-OH is 1. The molecule has 1 saturated heterocycles. The molecule has 2 atom stereocenters. The van der Waals surface area contributed by atoms with E-state index in [0.29, 0.717) is 71.2 Å². The van der Waals surface area contributed by atoms with Crippen LogP contribution in [0, 0.1) is 18.7 Å². The third-order valence-electron chi connectivity index (χ3n) is 6.92. The molecular formula is C26H30FN5O4. The number of β-amino-alcohol motifs (C(OH)–C–C–N with tert-alkyl or cyclic N) is 1. The Morgan fingerprint density at radius 3 is 2.81 bits per heavy atom. The molecule has 3 aromatic rings. The van der Waals surface area contributed by atoms with Crippen LogP contribution in [0.15, 0.2) is 24.5 Å². The van der Waals surface area contributed by atoms with Crippen molar-refractivity contribution in [3.63, 3.8) is 0 Å². The molecule has 0 bridgehead atoms. The minimum Gasteiger partial charge on any atom is -0.493 e. The molecule has 3 heterocycles. The van der Waals surface area contributed by atoms with Crippen molar-refractivity contribution in [2.45, 2.75) is 51.7 Å². The molecule has 0 spiro atoms. The number of hydrogen-bond donors (Lipinski definition) is 3. The smallest absolute Gasteiger partial charge is 0.255 e. The van der Waals surface area contributed by atoms with Crippen LogP contribution in [0.5, 0.6) is 5.75 Å². The molecule has 36 heavy (non-hydrogen) atoms. The van der Waals surface area contributed by atoms with Crippen molar-refractivity contribution in [3.8, 4) is 17.0 Å². The van der Waals surface area contributed by atoms with Crippen LogP contribution in [0.4, 0.5) is 4.39 Å². The van der Waals surface area contributed by atoms with E-state index in [4.69, 9.17) is 4.74 Å². The summed E-state index contributed by atoms with van der Waals surface area (Å²) in [4.78, 5) is 38.8. The van der Waals surface area contributed by atoms with Crippen LogP contribution >= 0.6 is 0 Å². The van der Waals surface area contributed by atoms with Gasteiger partial charge in [0, 0.05) is 30.8 Å². The predicted molar refractivity (Wildman–Crippen MR) is 131 cm³/mol. The van der Waals surface area contributed by atoms with Crippen LogP contribution in [-0.4, -0.2) is 68.6 Å². The van der Waals surface area contributed by atoms with Crippen LogP contribution in [0.25, 0.3) is 22.3 Å². The number of benzene rings is 1. The quantitative estimate of drug-likeness (QED) is 0.464. The minimum atomic E-state index is -0.868. The van der Waals surface area contributed by atoms with E-state index >= 15 is 0 Å². The van der Waals surface area contributed by atoms with Gasteiger partial charge in [-0.05, 0) is 50.3 Å². The lowest BCUT2D eigenvalue weighted by Crippen LogP contribution is -2.55. The van der Waals surface area contributed by atoms with Gasteiger partial charge in [-0.3, -0.25) is 9.59 Å². The number of carbonyl (C=O) groups is 2. The zero-order chi connectivity index (χ0) is 25.4. The van der Waals surface area contributed by atoms with Crippen LogP contribution in [-0.2, 0) is 4.79 Å². The normalized spacial score (nSPS) is 19.9. The fraction of sp³-hybridized carbons (Fsp3) is 0.462. The molecule has 1 aliphatic heterocycles. The van der Waals surface area contributed by atoms with Crippen molar-refractivity contribution in [2.24, 2.45) is 5.92 Å². The summed E-state index contributed by atoms with van der Waals surface area (Å²) in [6.45, 7) is 4.76. The molecule has 3 N–H and O–H groups in total. The summed E-state index contributed by atoms with van der Waals surface area (Å²) in [5, 5.41) is 13.5. The van der Waals surface area contributed by atoms with Crippen molar-refractivity contribution in [1.82, 2.24) is 25.2 Å². The molecular weight excluding hydrogens is 465 g/mol. The van der Waals surface area contributed by atoms with E-state index in [1.165, 1.54) is 18.5 Å². The lowest BCUT2D eigenvalue weighted by Gasteiger charge is -2.36. The Hall–Kier alpha value is -3.53. The number of hydrogen-bond acceptors (Lipinski definition) is 6. The highest BCUT2D eigenvalue weighted by atomic mass is 19.1. The Morgan fingerprint density at radius 1 is 1.28 bits per heavy atom. The van der Waals surface area contributed by atoms with E-state index in [-0.39, 0.29) is 18.4 Å². The number of H-pyrrole nitrogens is 1. The van der Waals surface area contributed by atoms with Gasteiger partial charge in [-0.2, -0.15) is 0 Å². The number of amides is 2. The van der Waals surface area contributed by atoms with Crippen molar-refractivity contribution < 1.29 is 23.8 Å². The molecule has 10 heteroatoms. The number of carbonyl (C=O) groups excluding carboxylic acids is 2. The van der Waals surface area contributed by atoms with Crippen LogP contribution in [0.1, 0.15) is 48.7 Å². The van der Waals surface area contributed by atoms with E-state index < -0.39 is 18.0 Å². The van der Waals surface area contributed by atoms with Crippen LogP contribution in [0.2, 0.25) is 0 Å². The first-order valence-corrected chi connectivity index (χ1v) is 12.4. The molecule has 2 amide bonds. The van der Waals surface area contributed by atoms with Gasteiger partial charge >= 0.3 is 0 Å². The maximum absolute atomic E-state index is 14.2. The van der Waals surface area contributed by atoms with Crippen LogP contribution < -0.4 is 10.1 Å². The third-order valence-corrected chi connectivity index (χ3v) is 6.92. The summed E-state index contributed by atoms with van der Waals surface area (Å²) < 4.78 is 20.2. The molecule has 0 unspecified atom stereocenters. The largest absolute Gasteiger partial charge is 0.493 e. The first kappa shape index (κ1) is 24.2. The molecule has 9 nitrogen and oxygen atoms in total. The number of aromatic amines is 1. The Balaban J connectivity index is 1.42. The van der Waals surface area contributed by atoms with E-state index in [0.717, 1.165) is 12.8 Å². The van der Waals surface area contributed by atoms with Crippen LogP contribution in [0.3, 0.4) is 0 Å². The SMILES string of the molecule is CCC(=O)N1CC[C@@H](NC(=O)c2c(C)[nH]c3c(-c4cc(F)ccc4OCC4CC4)ncnc23)[C@H](O)C1. The maximum Gasteiger partial charge on any atom is 0.255 e. The summed E-state index contributed by atoms with van der Waals surface area (Å²) in [6, 6.07) is 3.84. The first-order valence-electron chi connectivity index (χ1n) is 12.4.